The Morgan fingerprint density at radius 2 is 2.00 bits per heavy atom. The van der Waals surface area contributed by atoms with Gasteiger partial charge in [-0.2, -0.15) is 0 Å². The van der Waals surface area contributed by atoms with Crippen LogP contribution in [0.2, 0.25) is 0 Å². The standard InChI is InChI=1S/C12H14ClN.ClH/c1-12(2)8-14-11(7-13)9-5-3-4-6-10(9)12;/h3-6H,7-8H2,1-2H3;1H. The smallest absolute Gasteiger partial charge is 0.0649 e. The minimum absolute atomic E-state index is 0. The highest BCUT2D eigenvalue weighted by molar-refractivity contribution is 6.32. The molecule has 3 heteroatoms. The third kappa shape index (κ3) is 2.19. The number of aliphatic imine (C=N–C) groups is 1. The van der Waals surface area contributed by atoms with E-state index >= 15 is 0 Å². The topological polar surface area (TPSA) is 12.4 Å². The van der Waals surface area contributed by atoms with Crippen molar-refractivity contribution in [3.8, 4) is 0 Å². The van der Waals surface area contributed by atoms with Gasteiger partial charge in [-0.1, -0.05) is 38.1 Å². The van der Waals surface area contributed by atoms with Gasteiger partial charge in [0.2, 0.25) is 0 Å². The Hall–Kier alpha value is -0.530. The van der Waals surface area contributed by atoms with Crippen LogP contribution in [0.1, 0.15) is 25.0 Å². The molecule has 0 unspecified atom stereocenters. The van der Waals surface area contributed by atoms with E-state index in [9.17, 15) is 0 Å². The second-order valence-corrected chi connectivity index (χ2v) is 4.59. The van der Waals surface area contributed by atoms with Crippen molar-refractivity contribution in [3.63, 3.8) is 0 Å². The van der Waals surface area contributed by atoms with E-state index in [0.29, 0.717) is 5.88 Å². The number of rotatable bonds is 1. The lowest BCUT2D eigenvalue weighted by Gasteiger charge is -2.30. The maximum Gasteiger partial charge on any atom is 0.0649 e. The van der Waals surface area contributed by atoms with Crippen LogP contribution < -0.4 is 0 Å². The molecule has 1 aliphatic rings. The SMILES string of the molecule is CC1(C)CN=C(CCl)c2ccccc21.Cl. The summed E-state index contributed by atoms with van der Waals surface area (Å²) in [6.45, 7) is 5.28. The Bertz CT molecular complexity index is 383. The molecule has 0 N–H and O–H groups in total. The molecule has 0 atom stereocenters. The van der Waals surface area contributed by atoms with E-state index < -0.39 is 0 Å². The Kier molecular flexibility index (Phi) is 3.80. The second-order valence-electron chi connectivity index (χ2n) is 4.33. The van der Waals surface area contributed by atoms with Crippen LogP contribution in [0.25, 0.3) is 0 Å². The highest BCUT2D eigenvalue weighted by Crippen LogP contribution is 2.31. The van der Waals surface area contributed by atoms with Crippen molar-refractivity contribution in [1.82, 2.24) is 0 Å². The second kappa shape index (κ2) is 4.54. The van der Waals surface area contributed by atoms with E-state index in [1.54, 1.807) is 0 Å². The largest absolute Gasteiger partial charge is 0.287 e. The molecule has 1 heterocycles. The summed E-state index contributed by atoms with van der Waals surface area (Å²) in [6, 6.07) is 8.41. The molecule has 0 fully saturated rings. The van der Waals surface area contributed by atoms with Crippen molar-refractivity contribution in [2.24, 2.45) is 4.99 Å². The molecule has 0 bridgehead atoms. The zero-order chi connectivity index (χ0) is 10.2. The van der Waals surface area contributed by atoms with E-state index in [0.717, 1.165) is 12.3 Å². The predicted molar refractivity (Wildman–Crippen MR) is 68.8 cm³/mol. The first-order valence-corrected chi connectivity index (χ1v) is 5.38. The first-order valence-electron chi connectivity index (χ1n) is 4.84. The summed E-state index contributed by atoms with van der Waals surface area (Å²) in [6.07, 6.45) is 0. The van der Waals surface area contributed by atoms with Gasteiger partial charge in [-0.25, -0.2) is 0 Å². The maximum absolute atomic E-state index is 5.87. The molecule has 0 aromatic heterocycles. The average Bonchev–Trinajstić information content (AvgIpc) is 2.18. The number of nitrogens with zero attached hydrogens (tertiary/aromatic N) is 1. The fraction of sp³-hybridized carbons (Fsp3) is 0.417. The van der Waals surface area contributed by atoms with Crippen molar-refractivity contribution in [3.05, 3.63) is 35.4 Å². The summed E-state index contributed by atoms with van der Waals surface area (Å²) in [5.74, 6) is 0.507. The van der Waals surface area contributed by atoms with Gasteiger partial charge >= 0.3 is 0 Å². The molecule has 1 aromatic carbocycles. The van der Waals surface area contributed by atoms with Gasteiger partial charge in [0.25, 0.3) is 0 Å². The zero-order valence-corrected chi connectivity index (χ0v) is 10.5. The molecule has 1 aliphatic heterocycles. The van der Waals surface area contributed by atoms with Crippen LogP contribution >= 0.6 is 24.0 Å². The number of hydrogen-bond donors (Lipinski definition) is 0. The van der Waals surface area contributed by atoms with Crippen molar-refractivity contribution in [2.75, 3.05) is 12.4 Å². The summed E-state index contributed by atoms with van der Waals surface area (Å²) in [5, 5.41) is 0. The van der Waals surface area contributed by atoms with Crippen LogP contribution in [0.3, 0.4) is 0 Å². The Labute approximate surface area is 102 Å². The van der Waals surface area contributed by atoms with E-state index in [-0.39, 0.29) is 17.8 Å². The molecular formula is C12H15Cl2N. The molecule has 0 spiro atoms. The summed E-state index contributed by atoms with van der Waals surface area (Å²) in [7, 11) is 0. The van der Waals surface area contributed by atoms with Crippen LogP contribution in [0.15, 0.2) is 29.3 Å². The Balaban J connectivity index is 0.00000112. The summed E-state index contributed by atoms with van der Waals surface area (Å²) in [4.78, 5) is 4.53. The minimum atomic E-state index is 0. The fourth-order valence-corrected chi connectivity index (χ4v) is 2.13. The van der Waals surface area contributed by atoms with Crippen LogP contribution in [-0.4, -0.2) is 18.1 Å². The molecule has 82 valence electrons. The van der Waals surface area contributed by atoms with Gasteiger partial charge < -0.3 is 0 Å². The van der Waals surface area contributed by atoms with E-state index in [4.69, 9.17) is 11.6 Å². The molecule has 1 aromatic rings. The van der Waals surface area contributed by atoms with Crippen molar-refractivity contribution >= 4 is 29.7 Å². The molecule has 0 radical (unpaired) electrons. The van der Waals surface area contributed by atoms with Crippen molar-refractivity contribution in [1.29, 1.82) is 0 Å². The van der Waals surface area contributed by atoms with Crippen LogP contribution in [-0.2, 0) is 5.41 Å². The quantitative estimate of drug-likeness (QED) is 0.671. The lowest BCUT2D eigenvalue weighted by Crippen LogP contribution is -2.30. The molecule has 1 nitrogen and oxygen atoms in total. The molecule has 15 heavy (non-hydrogen) atoms. The summed E-state index contributed by atoms with van der Waals surface area (Å²) in [5.41, 5.74) is 3.76. The predicted octanol–water partition coefficient (Wildman–Crippen LogP) is 3.43. The Morgan fingerprint density at radius 3 is 2.67 bits per heavy atom. The third-order valence-electron chi connectivity index (χ3n) is 2.76. The summed E-state index contributed by atoms with van der Waals surface area (Å²) < 4.78 is 0. The van der Waals surface area contributed by atoms with Gasteiger partial charge in [0, 0.05) is 17.5 Å². The maximum atomic E-state index is 5.87. The van der Waals surface area contributed by atoms with Crippen molar-refractivity contribution in [2.45, 2.75) is 19.3 Å². The number of alkyl halides is 1. The minimum Gasteiger partial charge on any atom is -0.287 e. The lowest BCUT2D eigenvalue weighted by atomic mass is 9.79. The first-order chi connectivity index (χ1) is 6.65. The number of benzene rings is 1. The summed E-state index contributed by atoms with van der Waals surface area (Å²) >= 11 is 5.87. The molecule has 0 saturated carbocycles. The molecular weight excluding hydrogens is 229 g/mol. The molecule has 2 rings (SSSR count). The number of hydrogen-bond acceptors (Lipinski definition) is 1. The van der Waals surface area contributed by atoms with E-state index in [1.807, 2.05) is 6.07 Å². The van der Waals surface area contributed by atoms with Gasteiger partial charge in [-0.15, -0.1) is 24.0 Å². The normalized spacial score (nSPS) is 17.4. The van der Waals surface area contributed by atoms with Gasteiger partial charge in [0.05, 0.1) is 11.6 Å². The average molecular weight is 244 g/mol. The fourth-order valence-electron chi connectivity index (χ4n) is 1.90. The highest BCUT2D eigenvalue weighted by Gasteiger charge is 2.28. The third-order valence-corrected chi connectivity index (χ3v) is 3.01. The lowest BCUT2D eigenvalue weighted by molar-refractivity contribution is 0.532. The van der Waals surface area contributed by atoms with Crippen LogP contribution in [0.4, 0.5) is 0 Å². The number of fused-ring (bicyclic) bond motifs is 1. The first kappa shape index (κ1) is 12.5. The van der Waals surface area contributed by atoms with E-state index in [1.165, 1.54) is 11.1 Å². The van der Waals surface area contributed by atoms with Crippen molar-refractivity contribution < 1.29 is 0 Å². The zero-order valence-electron chi connectivity index (χ0n) is 8.96. The van der Waals surface area contributed by atoms with Gasteiger partial charge in [-0.05, 0) is 5.56 Å². The van der Waals surface area contributed by atoms with E-state index in [2.05, 4.69) is 37.0 Å². The highest BCUT2D eigenvalue weighted by atomic mass is 35.5. The van der Waals surface area contributed by atoms with Crippen LogP contribution in [0.5, 0.6) is 0 Å². The monoisotopic (exact) mass is 243 g/mol. The molecule has 0 saturated heterocycles. The van der Waals surface area contributed by atoms with Gasteiger partial charge in [0.15, 0.2) is 0 Å². The molecule has 0 amide bonds. The van der Waals surface area contributed by atoms with Gasteiger partial charge in [-0.3, -0.25) is 4.99 Å². The van der Waals surface area contributed by atoms with Crippen LogP contribution in [0, 0.1) is 0 Å². The Morgan fingerprint density at radius 1 is 1.33 bits per heavy atom. The van der Waals surface area contributed by atoms with Gasteiger partial charge in [0.1, 0.15) is 0 Å². The number of halogens is 2. The molecule has 0 aliphatic carbocycles.